The van der Waals surface area contributed by atoms with Gasteiger partial charge >= 0.3 is 6.18 Å². The predicted molar refractivity (Wildman–Crippen MR) is 97.3 cm³/mol. The summed E-state index contributed by atoms with van der Waals surface area (Å²) in [6, 6.07) is 15.2. The molecule has 0 aromatic heterocycles. The third-order valence-electron chi connectivity index (χ3n) is 4.08. The molecule has 0 fully saturated rings. The van der Waals surface area contributed by atoms with Crippen LogP contribution in [0.5, 0.6) is 0 Å². The summed E-state index contributed by atoms with van der Waals surface area (Å²) >= 11 is 11.9. The Morgan fingerprint density at radius 3 is 1.88 bits per heavy atom. The molecule has 1 nitrogen and oxygen atoms in total. The lowest BCUT2D eigenvalue weighted by Gasteiger charge is -2.31. The van der Waals surface area contributed by atoms with Crippen molar-refractivity contribution in [2.24, 2.45) is 0 Å². The average Bonchev–Trinajstić information content (AvgIpc) is 2.60. The Hall–Kier alpha value is -1.23. The molecule has 1 unspecified atom stereocenters. The summed E-state index contributed by atoms with van der Waals surface area (Å²) in [5, 5.41) is 0. The Balaban J connectivity index is 2.26. The minimum absolute atomic E-state index is 0.00966. The maximum Gasteiger partial charge on any atom is 0.416 e. The Morgan fingerprint density at radius 2 is 1.40 bits per heavy atom. The highest BCUT2D eigenvalue weighted by Crippen LogP contribution is 2.31. The molecule has 0 saturated carbocycles. The minimum atomic E-state index is -4.32. The van der Waals surface area contributed by atoms with Gasteiger partial charge in [0.25, 0.3) is 0 Å². The third-order valence-corrected chi connectivity index (χ3v) is 4.42. The number of hydrogen-bond donors (Lipinski definition) is 0. The smallest absolute Gasteiger partial charge is 0.294 e. The fourth-order valence-electron chi connectivity index (χ4n) is 2.83. The van der Waals surface area contributed by atoms with E-state index in [1.54, 1.807) is 12.1 Å². The van der Waals surface area contributed by atoms with Gasteiger partial charge in [-0.05, 0) is 29.7 Å². The maximum absolute atomic E-state index is 12.7. The van der Waals surface area contributed by atoms with E-state index < -0.39 is 11.7 Å². The lowest BCUT2D eigenvalue weighted by atomic mass is 9.96. The van der Waals surface area contributed by atoms with Crippen LogP contribution in [-0.4, -0.2) is 29.7 Å². The molecule has 0 N–H and O–H groups in total. The summed E-state index contributed by atoms with van der Waals surface area (Å²) in [6.45, 7) is 1.32. The van der Waals surface area contributed by atoms with Crippen LogP contribution in [0, 0.1) is 0 Å². The molecule has 136 valence electrons. The average molecular weight is 390 g/mol. The van der Waals surface area contributed by atoms with Gasteiger partial charge in [0.15, 0.2) is 0 Å². The van der Waals surface area contributed by atoms with E-state index in [1.807, 2.05) is 30.3 Å². The Morgan fingerprint density at radius 1 is 0.840 bits per heavy atom. The molecule has 6 heteroatoms. The Labute approximate surface area is 156 Å². The summed E-state index contributed by atoms with van der Waals surface area (Å²) in [7, 11) is 0. The summed E-state index contributed by atoms with van der Waals surface area (Å²) in [5.74, 6) is 0.931. The first-order chi connectivity index (χ1) is 12.0. The molecule has 0 aliphatic rings. The SMILES string of the molecule is FC(F)(F)c1ccc(CC(c2ccccc2)N(CCCl)CCCl)cc1. The van der Waals surface area contributed by atoms with Crippen molar-refractivity contribution in [2.45, 2.75) is 18.6 Å². The topological polar surface area (TPSA) is 3.24 Å². The van der Waals surface area contributed by atoms with E-state index in [1.165, 1.54) is 0 Å². The molecule has 2 aromatic carbocycles. The van der Waals surface area contributed by atoms with Gasteiger partial charge in [-0.25, -0.2) is 0 Å². The highest BCUT2D eigenvalue weighted by Gasteiger charge is 2.30. The van der Waals surface area contributed by atoms with E-state index in [2.05, 4.69) is 4.90 Å². The van der Waals surface area contributed by atoms with Crippen molar-refractivity contribution in [3.05, 3.63) is 71.3 Å². The third kappa shape index (κ3) is 5.91. The first-order valence-corrected chi connectivity index (χ1v) is 9.09. The normalized spacial score (nSPS) is 13.2. The minimum Gasteiger partial charge on any atom is -0.294 e. The fraction of sp³-hybridized carbons (Fsp3) is 0.368. The van der Waals surface area contributed by atoms with Crippen molar-refractivity contribution in [2.75, 3.05) is 24.8 Å². The van der Waals surface area contributed by atoms with Gasteiger partial charge in [0.1, 0.15) is 0 Å². The van der Waals surface area contributed by atoms with E-state index in [0.29, 0.717) is 31.3 Å². The van der Waals surface area contributed by atoms with Crippen molar-refractivity contribution >= 4 is 23.2 Å². The van der Waals surface area contributed by atoms with E-state index in [0.717, 1.165) is 23.3 Å². The second kappa shape index (κ2) is 9.46. The van der Waals surface area contributed by atoms with E-state index in [9.17, 15) is 13.2 Å². The van der Waals surface area contributed by atoms with Crippen LogP contribution in [0.25, 0.3) is 0 Å². The van der Waals surface area contributed by atoms with Gasteiger partial charge in [-0.15, -0.1) is 23.2 Å². The molecule has 0 aliphatic carbocycles. The van der Waals surface area contributed by atoms with Gasteiger partial charge in [0.05, 0.1) is 5.56 Å². The monoisotopic (exact) mass is 389 g/mol. The van der Waals surface area contributed by atoms with Crippen LogP contribution < -0.4 is 0 Å². The van der Waals surface area contributed by atoms with Gasteiger partial charge in [0.2, 0.25) is 0 Å². The zero-order valence-electron chi connectivity index (χ0n) is 13.6. The van der Waals surface area contributed by atoms with Gasteiger partial charge in [0, 0.05) is 30.9 Å². The molecule has 0 aliphatic heterocycles. The van der Waals surface area contributed by atoms with E-state index >= 15 is 0 Å². The molecule has 1 atom stereocenters. The molecule has 0 spiro atoms. The van der Waals surface area contributed by atoms with Gasteiger partial charge < -0.3 is 0 Å². The highest BCUT2D eigenvalue weighted by atomic mass is 35.5. The predicted octanol–water partition coefficient (Wildman–Crippen LogP) is 5.77. The standard InChI is InChI=1S/C19H20Cl2F3N/c20-10-12-25(13-11-21)18(16-4-2-1-3-5-16)14-15-6-8-17(9-7-15)19(22,23)24/h1-9,18H,10-14H2. The molecular weight excluding hydrogens is 370 g/mol. The quantitative estimate of drug-likeness (QED) is 0.518. The molecule has 0 saturated heterocycles. The van der Waals surface area contributed by atoms with Crippen molar-refractivity contribution in [3.8, 4) is 0 Å². The largest absolute Gasteiger partial charge is 0.416 e. The maximum atomic E-state index is 12.7. The number of halogens is 5. The molecule has 0 radical (unpaired) electrons. The zero-order chi connectivity index (χ0) is 18.3. The first kappa shape index (κ1) is 20.1. The van der Waals surface area contributed by atoms with Crippen LogP contribution in [0.4, 0.5) is 13.2 Å². The molecule has 25 heavy (non-hydrogen) atoms. The van der Waals surface area contributed by atoms with Crippen LogP contribution in [0.15, 0.2) is 54.6 Å². The number of nitrogens with zero attached hydrogens (tertiary/aromatic N) is 1. The van der Waals surface area contributed by atoms with Crippen molar-refractivity contribution in [3.63, 3.8) is 0 Å². The molecule has 0 bridgehead atoms. The van der Waals surface area contributed by atoms with E-state index in [-0.39, 0.29) is 6.04 Å². The first-order valence-electron chi connectivity index (χ1n) is 8.02. The number of alkyl halides is 5. The second-order valence-corrected chi connectivity index (χ2v) is 6.50. The molecule has 0 amide bonds. The molecule has 2 aromatic rings. The zero-order valence-corrected chi connectivity index (χ0v) is 15.2. The Bertz CT molecular complexity index is 623. The highest BCUT2D eigenvalue weighted by molar-refractivity contribution is 6.18. The fourth-order valence-corrected chi connectivity index (χ4v) is 3.26. The van der Waals surface area contributed by atoms with Crippen LogP contribution in [-0.2, 0) is 12.6 Å². The number of benzene rings is 2. The van der Waals surface area contributed by atoms with Crippen LogP contribution >= 0.6 is 23.2 Å². The summed E-state index contributed by atoms with van der Waals surface area (Å²) in [6.07, 6.45) is -3.73. The van der Waals surface area contributed by atoms with Gasteiger partial charge in [-0.3, -0.25) is 4.90 Å². The second-order valence-electron chi connectivity index (χ2n) is 5.74. The molecule has 2 rings (SSSR count). The molecular formula is C19H20Cl2F3N. The van der Waals surface area contributed by atoms with Crippen molar-refractivity contribution in [1.29, 1.82) is 0 Å². The van der Waals surface area contributed by atoms with Crippen molar-refractivity contribution < 1.29 is 13.2 Å². The van der Waals surface area contributed by atoms with Gasteiger partial charge in [-0.1, -0.05) is 42.5 Å². The summed E-state index contributed by atoms with van der Waals surface area (Å²) < 4.78 is 38.2. The van der Waals surface area contributed by atoms with Crippen LogP contribution in [0.2, 0.25) is 0 Å². The summed E-state index contributed by atoms with van der Waals surface area (Å²) in [4.78, 5) is 2.17. The number of hydrogen-bond acceptors (Lipinski definition) is 1. The number of rotatable bonds is 8. The van der Waals surface area contributed by atoms with Crippen molar-refractivity contribution in [1.82, 2.24) is 4.90 Å². The lowest BCUT2D eigenvalue weighted by molar-refractivity contribution is -0.137. The van der Waals surface area contributed by atoms with Gasteiger partial charge in [-0.2, -0.15) is 13.2 Å². The van der Waals surface area contributed by atoms with Crippen LogP contribution in [0.3, 0.4) is 0 Å². The molecule has 0 heterocycles. The Kier molecular flexibility index (Phi) is 7.60. The van der Waals surface area contributed by atoms with E-state index in [4.69, 9.17) is 23.2 Å². The summed E-state index contributed by atoms with van der Waals surface area (Å²) in [5.41, 5.74) is 1.31. The van der Waals surface area contributed by atoms with Crippen LogP contribution in [0.1, 0.15) is 22.7 Å². The lowest BCUT2D eigenvalue weighted by Crippen LogP contribution is -2.33.